The Morgan fingerprint density at radius 2 is 1.90 bits per heavy atom. The van der Waals surface area contributed by atoms with Gasteiger partial charge in [0.25, 0.3) is 11.5 Å². The summed E-state index contributed by atoms with van der Waals surface area (Å²) in [5, 5.41) is 9.65. The number of rotatable bonds is 5. The SMILES string of the molecule is CCC(C)N1C(=O)C(=Cc2c(C)c(C#N)c(=O)n(CC)c2N2CCCCC2)SC1=S. The van der Waals surface area contributed by atoms with Crippen molar-refractivity contribution in [3.05, 3.63) is 31.9 Å². The fourth-order valence-electron chi connectivity index (χ4n) is 4.06. The molecule has 0 saturated carbocycles. The number of thioether (sulfide) groups is 1. The number of piperidine rings is 1. The van der Waals surface area contributed by atoms with Crippen LogP contribution in [0.15, 0.2) is 9.70 Å². The zero-order chi connectivity index (χ0) is 22.0. The topological polar surface area (TPSA) is 69.3 Å². The van der Waals surface area contributed by atoms with Crippen molar-refractivity contribution in [1.29, 1.82) is 5.26 Å². The zero-order valence-electron chi connectivity index (χ0n) is 18.0. The van der Waals surface area contributed by atoms with Crippen LogP contribution in [0.3, 0.4) is 0 Å². The Labute approximate surface area is 187 Å². The summed E-state index contributed by atoms with van der Waals surface area (Å²) in [5.74, 6) is 0.712. The van der Waals surface area contributed by atoms with Crippen LogP contribution < -0.4 is 10.5 Å². The Morgan fingerprint density at radius 1 is 1.23 bits per heavy atom. The van der Waals surface area contributed by atoms with Crippen molar-refractivity contribution in [2.45, 2.75) is 66.0 Å². The van der Waals surface area contributed by atoms with E-state index in [9.17, 15) is 14.9 Å². The first kappa shape index (κ1) is 22.6. The minimum atomic E-state index is -0.262. The van der Waals surface area contributed by atoms with Crippen LogP contribution in [0.4, 0.5) is 5.82 Å². The van der Waals surface area contributed by atoms with E-state index in [1.165, 1.54) is 18.2 Å². The summed E-state index contributed by atoms with van der Waals surface area (Å²) in [4.78, 5) is 30.5. The highest BCUT2D eigenvalue weighted by Gasteiger charge is 2.35. The summed E-state index contributed by atoms with van der Waals surface area (Å²) >= 11 is 6.77. The predicted octanol–water partition coefficient (Wildman–Crippen LogP) is 4.04. The van der Waals surface area contributed by atoms with Gasteiger partial charge in [-0.25, -0.2) is 0 Å². The fourth-order valence-corrected chi connectivity index (χ4v) is 5.50. The number of carbonyl (C=O) groups excluding carboxylic acids is 1. The molecule has 0 aliphatic carbocycles. The minimum absolute atomic E-state index is 0.0327. The number of hydrogen-bond acceptors (Lipinski definition) is 6. The van der Waals surface area contributed by atoms with E-state index in [1.54, 1.807) is 16.4 Å². The molecule has 6 nitrogen and oxygen atoms in total. The van der Waals surface area contributed by atoms with E-state index in [-0.39, 0.29) is 23.1 Å². The Hall–Kier alpha value is -2.11. The van der Waals surface area contributed by atoms with Crippen LogP contribution in [0.25, 0.3) is 6.08 Å². The van der Waals surface area contributed by atoms with Gasteiger partial charge in [0.05, 0.1) is 4.91 Å². The molecular formula is C22H28N4O2S2. The summed E-state index contributed by atoms with van der Waals surface area (Å²) in [5.41, 5.74) is 1.28. The molecule has 2 aliphatic rings. The van der Waals surface area contributed by atoms with Crippen molar-refractivity contribution in [3.63, 3.8) is 0 Å². The van der Waals surface area contributed by atoms with Crippen LogP contribution in [0.1, 0.15) is 63.1 Å². The number of aromatic nitrogens is 1. The Kier molecular flexibility index (Phi) is 7.04. The van der Waals surface area contributed by atoms with E-state index < -0.39 is 0 Å². The molecule has 0 spiro atoms. The van der Waals surface area contributed by atoms with Crippen LogP contribution in [-0.2, 0) is 11.3 Å². The molecule has 1 atom stereocenters. The molecule has 1 aromatic heterocycles. The number of amides is 1. The number of pyridine rings is 1. The summed E-state index contributed by atoms with van der Waals surface area (Å²) in [6, 6.07) is 2.11. The Morgan fingerprint density at radius 3 is 2.47 bits per heavy atom. The van der Waals surface area contributed by atoms with Crippen molar-refractivity contribution in [1.82, 2.24) is 9.47 Å². The molecule has 3 rings (SSSR count). The quantitative estimate of drug-likeness (QED) is 0.504. The predicted molar refractivity (Wildman–Crippen MR) is 127 cm³/mol. The maximum Gasteiger partial charge on any atom is 0.270 e. The number of thiocarbonyl (C=S) groups is 1. The van der Waals surface area contributed by atoms with Gasteiger partial charge >= 0.3 is 0 Å². The van der Waals surface area contributed by atoms with Crippen molar-refractivity contribution in [3.8, 4) is 6.07 Å². The van der Waals surface area contributed by atoms with Gasteiger partial charge < -0.3 is 4.90 Å². The highest BCUT2D eigenvalue weighted by Crippen LogP contribution is 2.37. The van der Waals surface area contributed by atoms with Crippen LogP contribution in [0, 0.1) is 18.3 Å². The number of carbonyl (C=O) groups is 1. The molecule has 0 radical (unpaired) electrons. The molecule has 160 valence electrons. The molecular weight excluding hydrogens is 416 g/mol. The minimum Gasteiger partial charge on any atom is -0.357 e. The van der Waals surface area contributed by atoms with Crippen molar-refractivity contribution < 1.29 is 4.79 Å². The summed E-state index contributed by atoms with van der Waals surface area (Å²) in [6.45, 7) is 9.92. The second-order valence-electron chi connectivity index (χ2n) is 7.76. The molecule has 2 aliphatic heterocycles. The number of hydrogen-bond donors (Lipinski definition) is 0. The maximum atomic E-state index is 13.1. The molecule has 3 heterocycles. The first-order valence-corrected chi connectivity index (χ1v) is 11.8. The zero-order valence-corrected chi connectivity index (χ0v) is 19.7. The van der Waals surface area contributed by atoms with Gasteiger partial charge in [-0.2, -0.15) is 5.26 Å². The van der Waals surface area contributed by atoms with Gasteiger partial charge in [0.15, 0.2) is 0 Å². The average molecular weight is 445 g/mol. The first-order valence-electron chi connectivity index (χ1n) is 10.5. The van der Waals surface area contributed by atoms with Crippen LogP contribution in [0.2, 0.25) is 0 Å². The third kappa shape index (κ3) is 3.93. The van der Waals surface area contributed by atoms with Gasteiger partial charge in [-0.15, -0.1) is 0 Å². The fraction of sp³-hybridized carbons (Fsp3) is 0.545. The second kappa shape index (κ2) is 9.36. The first-order chi connectivity index (χ1) is 14.3. The van der Waals surface area contributed by atoms with E-state index in [0.29, 0.717) is 21.3 Å². The van der Waals surface area contributed by atoms with E-state index in [4.69, 9.17) is 12.2 Å². The summed E-state index contributed by atoms with van der Waals surface area (Å²) < 4.78 is 2.24. The van der Waals surface area contributed by atoms with Crippen LogP contribution >= 0.6 is 24.0 Å². The molecule has 30 heavy (non-hydrogen) atoms. The molecule has 0 N–H and O–H groups in total. The second-order valence-corrected chi connectivity index (χ2v) is 9.43. The lowest BCUT2D eigenvalue weighted by Gasteiger charge is -2.33. The Balaban J connectivity index is 2.22. The molecule has 2 saturated heterocycles. The van der Waals surface area contributed by atoms with Gasteiger partial charge in [0, 0.05) is 31.2 Å². The smallest absolute Gasteiger partial charge is 0.270 e. The van der Waals surface area contributed by atoms with Crippen molar-refractivity contribution in [2.24, 2.45) is 0 Å². The lowest BCUT2D eigenvalue weighted by molar-refractivity contribution is -0.123. The molecule has 2 fully saturated rings. The van der Waals surface area contributed by atoms with E-state index in [1.807, 2.05) is 26.8 Å². The largest absolute Gasteiger partial charge is 0.357 e. The molecule has 8 heteroatoms. The molecule has 1 aromatic rings. The lowest BCUT2D eigenvalue weighted by atomic mass is 10.0. The van der Waals surface area contributed by atoms with Gasteiger partial charge in [-0.1, -0.05) is 30.9 Å². The monoisotopic (exact) mass is 444 g/mol. The number of anilines is 1. The van der Waals surface area contributed by atoms with Crippen LogP contribution in [-0.4, -0.2) is 38.8 Å². The van der Waals surface area contributed by atoms with Gasteiger partial charge in [-0.3, -0.25) is 19.1 Å². The van der Waals surface area contributed by atoms with Crippen molar-refractivity contribution in [2.75, 3.05) is 18.0 Å². The van der Waals surface area contributed by atoms with Crippen molar-refractivity contribution >= 4 is 46.1 Å². The highest BCUT2D eigenvalue weighted by molar-refractivity contribution is 8.26. The third-order valence-electron chi connectivity index (χ3n) is 5.95. The van der Waals surface area contributed by atoms with Crippen LogP contribution in [0.5, 0.6) is 0 Å². The van der Waals surface area contributed by atoms with E-state index >= 15 is 0 Å². The highest BCUT2D eigenvalue weighted by atomic mass is 32.2. The molecule has 0 bridgehead atoms. The lowest BCUT2D eigenvalue weighted by Crippen LogP contribution is -2.37. The molecule has 1 unspecified atom stereocenters. The molecule has 1 amide bonds. The number of nitrogens with zero attached hydrogens (tertiary/aromatic N) is 4. The average Bonchev–Trinajstić information content (AvgIpc) is 3.03. The van der Waals surface area contributed by atoms with E-state index in [0.717, 1.165) is 43.7 Å². The molecule has 0 aromatic carbocycles. The van der Waals surface area contributed by atoms with E-state index in [2.05, 4.69) is 11.0 Å². The van der Waals surface area contributed by atoms with Gasteiger partial charge in [-0.05, 0) is 58.1 Å². The maximum absolute atomic E-state index is 13.1. The normalized spacial score (nSPS) is 19.5. The summed E-state index contributed by atoms with van der Waals surface area (Å²) in [6.07, 6.45) is 5.95. The third-order valence-corrected chi connectivity index (χ3v) is 7.28. The van der Waals surface area contributed by atoms with Gasteiger partial charge in [0.1, 0.15) is 21.8 Å². The van der Waals surface area contributed by atoms with Gasteiger partial charge in [0.2, 0.25) is 0 Å². The Bertz CT molecular complexity index is 1000. The standard InChI is InChI=1S/C22H28N4O2S2/c1-5-14(3)26-21(28)18(30-22(26)29)12-16-15(4)17(13-23)20(27)25(6-2)19(16)24-10-8-7-9-11-24/h12,14H,5-11H2,1-4H3. The number of nitriles is 1. The summed E-state index contributed by atoms with van der Waals surface area (Å²) in [7, 11) is 0.